The van der Waals surface area contributed by atoms with Crippen molar-refractivity contribution < 1.29 is 19.6 Å². The Morgan fingerprint density at radius 1 is 0.875 bits per heavy atom. The Morgan fingerprint density at radius 2 is 1.44 bits per heavy atom. The van der Waals surface area contributed by atoms with E-state index in [2.05, 4.69) is 0 Å². The number of nitro benzene ring substituents is 1. The molecule has 3 aromatic carbocycles. The van der Waals surface area contributed by atoms with Gasteiger partial charge in [0.2, 0.25) is 11.8 Å². The number of carbonyl (C=O) groups is 2. The average molecular weight is 426 g/mol. The van der Waals surface area contributed by atoms with Crippen molar-refractivity contribution in [1.82, 2.24) is 0 Å². The first-order valence-corrected chi connectivity index (χ1v) is 10.4. The van der Waals surface area contributed by atoms with Gasteiger partial charge >= 0.3 is 0 Å². The van der Waals surface area contributed by atoms with Crippen LogP contribution in [0.4, 0.5) is 11.4 Å². The van der Waals surface area contributed by atoms with Gasteiger partial charge in [-0.2, -0.15) is 0 Å². The first-order valence-electron chi connectivity index (χ1n) is 10.4. The molecule has 0 spiro atoms. The molecule has 0 aromatic heterocycles. The zero-order valence-corrected chi connectivity index (χ0v) is 16.8. The second kappa shape index (κ2) is 6.34. The van der Waals surface area contributed by atoms with Gasteiger partial charge < -0.3 is 5.11 Å². The quantitative estimate of drug-likeness (QED) is 0.394. The van der Waals surface area contributed by atoms with Crippen molar-refractivity contribution in [2.24, 2.45) is 11.8 Å². The SMILES string of the molecule is O=C1[C@@H]2C3c4ccccc4C(CO)(c4ccccc43)[C@H]2C(=O)N1c1ccc([N+](=O)[O-])cc1. The Morgan fingerprint density at radius 3 is 1.97 bits per heavy atom. The second-order valence-corrected chi connectivity index (χ2v) is 8.57. The number of benzene rings is 3. The van der Waals surface area contributed by atoms with Gasteiger partial charge in [-0.25, -0.2) is 4.90 Å². The van der Waals surface area contributed by atoms with Crippen LogP contribution in [0.2, 0.25) is 0 Å². The van der Waals surface area contributed by atoms with Gasteiger partial charge in [0.25, 0.3) is 5.69 Å². The van der Waals surface area contributed by atoms with Gasteiger partial charge in [-0.15, -0.1) is 0 Å². The first kappa shape index (κ1) is 18.9. The third kappa shape index (κ3) is 2.08. The highest BCUT2D eigenvalue weighted by Crippen LogP contribution is 2.64. The topological polar surface area (TPSA) is 101 Å². The molecule has 1 heterocycles. The molecule has 7 rings (SSSR count). The summed E-state index contributed by atoms with van der Waals surface area (Å²) in [4.78, 5) is 39.2. The molecule has 7 heteroatoms. The van der Waals surface area contributed by atoms with E-state index in [0.717, 1.165) is 27.2 Å². The van der Waals surface area contributed by atoms with E-state index in [1.54, 1.807) is 0 Å². The minimum absolute atomic E-state index is 0.114. The minimum atomic E-state index is -1.02. The zero-order valence-electron chi connectivity index (χ0n) is 16.8. The van der Waals surface area contributed by atoms with E-state index in [1.807, 2.05) is 48.5 Å². The van der Waals surface area contributed by atoms with Crippen molar-refractivity contribution in [2.45, 2.75) is 11.3 Å². The monoisotopic (exact) mass is 426 g/mol. The molecule has 1 saturated heterocycles. The Kier molecular flexibility index (Phi) is 3.74. The van der Waals surface area contributed by atoms with Gasteiger partial charge in [0.05, 0.1) is 34.5 Å². The number of nitrogens with zero attached hydrogens (tertiary/aromatic N) is 2. The summed E-state index contributed by atoms with van der Waals surface area (Å²) >= 11 is 0. The number of hydrogen-bond donors (Lipinski definition) is 1. The van der Waals surface area contributed by atoms with Crippen LogP contribution in [0.25, 0.3) is 0 Å². The number of nitro groups is 1. The summed E-state index contributed by atoms with van der Waals surface area (Å²) in [6, 6.07) is 20.9. The predicted octanol–water partition coefficient (Wildman–Crippen LogP) is 3.14. The van der Waals surface area contributed by atoms with Crippen molar-refractivity contribution in [3.8, 4) is 0 Å². The van der Waals surface area contributed by atoms with Crippen LogP contribution in [0.3, 0.4) is 0 Å². The summed E-state index contributed by atoms with van der Waals surface area (Å²) in [5, 5.41) is 21.8. The highest BCUT2D eigenvalue weighted by molar-refractivity contribution is 6.23. The molecule has 7 nitrogen and oxygen atoms in total. The van der Waals surface area contributed by atoms with Crippen LogP contribution >= 0.6 is 0 Å². The van der Waals surface area contributed by atoms with E-state index in [1.165, 1.54) is 24.3 Å². The molecule has 1 fully saturated rings. The predicted molar refractivity (Wildman–Crippen MR) is 115 cm³/mol. The largest absolute Gasteiger partial charge is 0.395 e. The molecular weight excluding hydrogens is 408 g/mol. The number of anilines is 1. The molecule has 2 bridgehead atoms. The molecule has 2 amide bonds. The van der Waals surface area contributed by atoms with E-state index in [4.69, 9.17) is 0 Å². The Labute approximate surface area is 183 Å². The van der Waals surface area contributed by atoms with Crippen LogP contribution in [0.15, 0.2) is 72.8 Å². The molecule has 158 valence electrons. The third-order valence-electron chi connectivity index (χ3n) is 7.36. The van der Waals surface area contributed by atoms with Crippen LogP contribution in [-0.4, -0.2) is 28.5 Å². The van der Waals surface area contributed by atoms with Crippen LogP contribution < -0.4 is 4.90 Å². The van der Waals surface area contributed by atoms with Gasteiger partial charge in [-0.1, -0.05) is 48.5 Å². The lowest BCUT2D eigenvalue weighted by molar-refractivity contribution is -0.384. The van der Waals surface area contributed by atoms with Gasteiger partial charge in [-0.3, -0.25) is 19.7 Å². The highest BCUT2D eigenvalue weighted by Gasteiger charge is 2.68. The van der Waals surface area contributed by atoms with Crippen molar-refractivity contribution in [2.75, 3.05) is 11.5 Å². The number of aliphatic hydroxyl groups excluding tert-OH is 1. The molecule has 2 atom stereocenters. The van der Waals surface area contributed by atoms with E-state index >= 15 is 0 Å². The van der Waals surface area contributed by atoms with E-state index in [-0.39, 0.29) is 30.0 Å². The molecule has 1 N–H and O–H groups in total. The number of carbonyl (C=O) groups excluding carboxylic acids is 2. The van der Waals surface area contributed by atoms with Gasteiger partial charge in [-0.05, 0) is 34.4 Å². The lowest BCUT2D eigenvalue weighted by Crippen LogP contribution is -2.55. The van der Waals surface area contributed by atoms with E-state index in [9.17, 15) is 24.8 Å². The van der Waals surface area contributed by atoms with Crippen LogP contribution in [0, 0.1) is 22.0 Å². The summed E-state index contributed by atoms with van der Waals surface area (Å²) < 4.78 is 0. The summed E-state index contributed by atoms with van der Waals surface area (Å²) in [6.45, 7) is -0.304. The number of hydrogen-bond acceptors (Lipinski definition) is 5. The van der Waals surface area contributed by atoms with Crippen LogP contribution in [0.1, 0.15) is 28.2 Å². The fourth-order valence-electron chi connectivity index (χ4n) is 6.18. The van der Waals surface area contributed by atoms with Gasteiger partial charge in [0.15, 0.2) is 0 Å². The molecule has 3 aromatic rings. The minimum Gasteiger partial charge on any atom is -0.395 e. The number of aliphatic hydroxyl groups is 1. The summed E-state index contributed by atoms with van der Waals surface area (Å²) in [5.41, 5.74) is 2.88. The Hall–Kier alpha value is -3.84. The molecule has 0 unspecified atom stereocenters. The van der Waals surface area contributed by atoms with Crippen LogP contribution in [-0.2, 0) is 15.0 Å². The Balaban J connectivity index is 1.58. The van der Waals surface area contributed by atoms with E-state index < -0.39 is 22.2 Å². The molecule has 32 heavy (non-hydrogen) atoms. The third-order valence-corrected chi connectivity index (χ3v) is 7.36. The van der Waals surface area contributed by atoms with Crippen molar-refractivity contribution >= 4 is 23.2 Å². The molecule has 0 radical (unpaired) electrons. The number of imide groups is 1. The van der Waals surface area contributed by atoms with Gasteiger partial charge in [0.1, 0.15) is 0 Å². The molecule has 0 saturated carbocycles. The number of rotatable bonds is 3. The maximum atomic E-state index is 13.8. The maximum absolute atomic E-state index is 13.8. The summed E-state index contributed by atoms with van der Waals surface area (Å²) in [7, 11) is 0. The molecular formula is C25H18N2O5. The lowest BCUT2D eigenvalue weighted by atomic mass is 9.47. The average Bonchev–Trinajstić information content (AvgIpc) is 3.10. The molecule has 4 aliphatic rings. The van der Waals surface area contributed by atoms with Crippen molar-refractivity contribution in [3.63, 3.8) is 0 Å². The number of amides is 2. The smallest absolute Gasteiger partial charge is 0.269 e. The second-order valence-electron chi connectivity index (χ2n) is 8.57. The van der Waals surface area contributed by atoms with E-state index in [0.29, 0.717) is 5.69 Å². The Bertz CT molecular complexity index is 1270. The zero-order chi connectivity index (χ0) is 22.2. The first-order chi connectivity index (χ1) is 15.5. The highest BCUT2D eigenvalue weighted by atomic mass is 16.6. The van der Waals surface area contributed by atoms with Gasteiger partial charge in [0, 0.05) is 18.1 Å². The normalized spacial score (nSPS) is 27.2. The maximum Gasteiger partial charge on any atom is 0.269 e. The number of non-ortho nitro benzene ring substituents is 1. The van der Waals surface area contributed by atoms with Crippen molar-refractivity contribution in [3.05, 3.63) is 105 Å². The fraction of sp³-hybridized carbons (Fsp3) is 0.200. The van der Waals surface area contributed by atoms with Crippen molar-refractivity contribution in [1.29, 1.82) is 0 Å². The summed E-state index contributed by atoms with van der Waals surface area (Å²) in [6.07, 6.45) is 0. The van der Waals surface area contributed by atoms with Crippen LogP contribution in [0.5, 0.6) is 0 Å². The fourth-order valence-corrected chi connectivity index (χ4v) is 6.18. The lowest BCUT2D eigenvalue weighted by Gasteiger charge is -2.53. The molecule has 1 aliphatic heterocycles. The summed E-state index contributed by atoms with van der Waals surface area (Å²) in [5.74, 6) is -2.39. The molecule has 3 aliphatic carbocycles. The standard InChI is InChI=1S/C25H18N2O5/c28-13-25-18-7-3-1-5-16(18)20(17-6-2-4-8-19(17)25)21-22(25)24(30)26(23(21)29)14-9-11-15(12-10-14)27(31)32/h1-12,20-22,28H,13H2/t20?,21-,22-,25?/m1/s1.